The molecule has 1 saturated heterocycles. The standard InChI is InChI=1S/C18H26ClN4O7P/c1-9-6-11-15(20-10-4-2-3-5-10)21-18(19)22-16(11)23(9)17-14(25)13(24)12(30-17)7-29-8-31(26,27)28/h6,10,12-14,17,24-25H,2-5,7-8H2,1H3,(H,20,21,22)(H2,26,27,28)/t12-,13-,14-,17-/m1/s1. The fourth-order valence-electron chi connectivity index (χ4n) is 4.26. The number of aliphatic hydroxyl groups excluding tert-OH is 2. The van der Waals surface area contributed by atoms with Crippen molar-refractivity contribution >= 4 is 36.0 Å². The van der Waals surface area contributed by atoms with Crippen LogP contribution < -0.4 is 5.32 Å². The fraction of sp³-hybridized carbons (Fsp3) is 0.667. The highest BCUT2D eigenvalue weighted by Crippen LogP contribution is 2.38. The van der Waals surface area contributed by atoms with Gasteiger partial charge in [-0.2, -0.15) is 4.98 Å². The van der Waals surface area contributed by atoms with Gasteiger partial charge in [0.15, 0.2) is 6.23 Å². The number of hydrogen-bond acceptors (Lipinski definition) is 8. The Kier molecular flexibility index (Phi) is 6.58. The summed E-state index contributed by atoms with van der Waals surface area (Å²) < 4.78 is 23.4. The number of hydrogen-bond donors (Lipinski definition) is 5. The molecular weight excluding hydrogens is 451 g/mol. The Balaban J connectivity index is 1.60. The van der Waals surface area contributed by atoms with Gasteiger partial charge < -0.3 is 39.4 Å². The normalized spacial score (nSPS) is 27.4. The number of fused-ring (bicyclic) bond motifs is 1. The summed E-state index contributed by atoms with van der Waals surface area (Å²) in [5.74, 6) is 0.610. The van der Waals surface area contributed by atoms with Gasteiger partial charge in [0.25, 0.3) is 0 Å². The minimum absolute atomic E-state index is 0.0434. The molecule has 2 aromatic rings. The molecule has 2 aromatic heterocycles. The molecule has 4 atom stereocenters. The predicted octanol–water partition coefficient (Wildman–Crippen LogP) is 1.52. The van der Waals surface area contributed by atoms with Crippen molar-refractivity contribution in [2.45, 2.75) is 63.2 Å². The molecule has 5 N–H and O–H groups in total. The molecule has 1 aliphatic carbocycles. The SMILES string of the molecule is Cc1cc2c(NC3CCCC3)nc(Cl)nc2n1[C@@H]1O[C@H](COCP(=O)(O)O)[C@@H](O)[C@H]1O. The maximum Gasteiger partial charge on any atom is 0.350 e. The third kappa shape index (κ3) is 4.89. The van der Waals surface area contributed by atoms with Crippen LogP contribution in [0.2, 0.25) is 5.28 Å². The van der Waals surface area contributed by atoms with E-state index in [1.165, 1.54) is 0 Å². The van der Waals surface area contributed by atoms with E-state index in [1.54, 1.807) is 4.57 Å². The van der Waals surface area contributed by atoms with Crippen molar-refractivity contribution in [3.8, 4) is 0 Å². The van der Waals surface area contributed by atoms with Crippen molar-refractivity contribution < 1.29 is 34.0 Å². The molecule has 0 aromatic carbocycles. The second-order valence-corrected chi connectivity index (χ2v) is 10.00. The summed E-state index contributed by atoms with van der Waals surface area (Å²) in [6, 6.07) is 2.17. The van der Waals surface area contributed by atoms with Crippen LogP contribution in [0.1, 0.15) is 37.6 Å². The van der Waals surface area contributed by atoms with Crippen molar-refractivity contribution in [3.63, 3.8) is 0 Å². The minimum Gasteiger partial charge on any atom is -0.387 e. The molecule has 0 spiro atoms. The predicted molar refractivity (Wildman–Crippen MR) is 112 cm³/mol. The molecule has 2 fully saturated rings. The van der Waals surface area contributed by atoms with E-state index in [0.717, 1.165) is 31.1 Å². The number of aliphatic hydroxyl groups is 2. The van der Waals surface area contributed by atoms with Crippen LogP contribution in [-0.4, -0.2) is 71.8 Å². The fourth-order valence-corrected chi connectivity index (χ4v) is 4.76. The van der Waals surface area contributed by atoms with Gasteiger partial charge in [-0.1, -0.05) is 12.8 Å². The van der Waals surface area contributed by atoms with Gasteiger partial charge in [-0.05, 0) is 37.4 Å². The van der Waals surface area contributed by atoms with Crippen LogP contribution in [-0.2, 0) is 14.0 Å². The van der Waals surface area contributed by atoms with Crippen molar-refractivity contribution in [2.75, 3.05) is 18.3 Å². The van der Waals surface area contributed by atoms with E-state index in [1.807, 2.05) is 13.0 Å². The number of rotatable bonds is 7. The number of anilines is 1. The zero-order valence-corrected chi connectivity index (χ0v) is 18.5. The third-order valence-electron chi connectivity index (χ3n) is 5.69. The lowest BCUT2D eigenvalue weighted by Crippen LogP contribution is -2.34. The first-order chi connectivity index (χ1) is 14.6. The van der Waals surface area contributed by atoms with Crippen molar-refractivity contribution in [3.05, 3.63) is 17.0 Å². The first-order valence-electron chi connectivity index (χ1n) is 10.1. The molecule has 0 amide bonds. The monoisotopic (exact) mass is 476 g/mol. The number of halogens is 1. The third-order valence-corrected chi connectivity index (χ3v) is 6.38. The largest absolute Gasteiger partial charge is 0.387 e. The molecule has 31 heavy (non-hydrogen) atoms. The molecule has 3 heterocycles. The van der Waals surface area contributed by atoms with Crippen LogP contribution in [0.3, 0.4) is 0 Å². The van der Waals surface area contributed by atoms with Crippen LogP contribution in [0.4, 0.5) is 5.82 Å². The molecule has 0 radical (unpaired) electrons. The molecular formula is C18H26ClN4O7P. The Morgan fingerprint density at radius 3 is 2.68 bits per heavy atom. The van der Waals surface area contributed by atoms with Crippen molar-refractivity contribution in [2.24, 2.45) is 0 Å². The van der Waals surface area contributed by atoms with Gasteiger partial charge in [-0.25, -0.2) is 4.98 Å². The van der Waals surface area contributed by atoms with Crippen LogP contribution in [0.15, 0.2) is 6.07 Å². The molecule has 2 aliphatic rings. The molecule has 4 rings (SSSR count). The molecule has 172 valence electrons. The number of aryl methyl sites for hydroxylation is 1. The smallest absolute Gasteiger partial charge is 0.350 e. The Hall–Kier alpha value is -1.30. The molecule has 13 heteroatoms. The van der Waals surface area contributed by atoms with E-state index >= 15 is 0 Å². The van der Waals surface area contributed by atoms with E-state index in [-0.39, 0.29) is 11.9 Å². The Bertz CT molecular complexity index is 993. The highest BCUT2D eigenvalue weighted by Gasteiger charge is 2.45. The molecule has 0 unspecified atom stereocenters. The van der Waals surface area contributed by atoms with E-state index in [2.05, 4.69) is 15.3 Å². The Morgan fingerprint density at radius 2 is 2.00 bits per heavy atom. The lowest BCUT2D eigenvalue weighted by Gasteiger charge is -2.20. The highest BCUT2D eigenvalue weighted by atomic mass is 35.5. The highest BCUT2D eigenvalue weighted by molar-refractivity contribution is 7.51. The molecule has 0 bridgehead atoms. The summed E-state index contributed by atoms with van der Waals surface area (Å²) >= 11 is 6.18. The van der Waals surface area contributed by atoms with Gasteiger partial charge >= 0.3 is 7.60 Å². The second kappa shape index (κ2) is 8.92. The van der Waals surface area contributed by atoms with Crippen LogP contribution in [0, 0.1) is 6.92 Å². The first-order valence-corrected chi connectivity index (χ1v) is 12.3. The summed E-state index contributed by atoms with van der Waals surface area (Å²) in [5.41, 5.74) is 1.17. The lowest BCUT2D eigenvalue weighted by molar-refractivity contribution is -0.0617. The van der Waals surface area contributed by atoms with Gasteiger partial charge in [0.05, 0.1) is 12.0 Å². The zero-order chi connectivity index (χ0) is 22.3. The lowest BCUT2D eigenvalue weighted by atomic mass is 10.1. The Morgan fingerprint density at radius 1 is 1.29 bits per heavy atom. The number of nitrogens with one attached hydrogen (secondary N) is 1. The van der Waals surface area contributed by atoms with Gasteiger partial charge in [-0.3, -0.25) is 4.57 Å². The first kappa shape index (κ1) is 22.9. The minimum atomic E-state index is -4.35. The molecule has 1 saturated carbocycles. The average molecular weight is 477 g/mol. The summed E-state index contributed by atoms with van der Waals surface area (Å²) in [4.78, 5) is 26.5. The summed E-state index contributed by atoms with van der Waals surface area (Å²) in [6.07, 6.45) is -0.963. The average Bonchev–Trinajstić information content (AvgIpc) is 3.36. The van der Waals surface area contributed by atoms with Gasteiger partial charge in [0.2, 0.25) is 5.28 Å². The van der Waals surface area contributed by atoms with E-state index in [0.29, 0.717) is 23.2 Å². The zero-order valence-electron chi connectivity index (χ0n) is 16.9. The van der Waals surface area contributed by atoms with Gasteiger partial charge in [0, 0.05) is 11.7 Å². The molecule has 11 nitrogen and oxygen atoms in total. The maximum atomic E-state index is 11.0. The number of aromatic nitrogens is 3. The van der Waals surface area contributed by atoms with Gasteiger partial charge in [-0.15, -0.1) is 0 Å². The topological polar surface area (TPSA) is 159 Å². The molecule has 1 aliphatic heterocycles. The summed E-state index contributed by atoms with van der Waals surface area (Å²) in [6.45, 7) is 1.53. The van der Waals surface area contributed by atoms with Crippen LogP contribution in [0.25, 0.3) is 11.0 Å². The number of ether oxygens (including phenoxy) is 2. The maximum absolute atomic E-state index is 11.0. The van der Waals surface area contributed by atoms with Crippen molar-refractivity contribution in [1.82, 2.24) is 14.5 Å². The van der Waals surface area contributed by atoms with E-state index < -0.39 is 38.5 Å². The van der Waals surface area contributed by atoms with Crippen LogP contribution in [0.5, 0.6) is 0 Å². The summed E-state index contributed by atoms with van der Waals surface area (Å²) in [7, 11) is -4.35. The number of nitrogens with zero attached hydrogens (tertiary/aromatic N) is 3. The second-order valence-electron chi connectivity index (χ2n) is 8.07. The van der Waals surface area contributed by atoms with Crippen LogP contribution >= 0.6 is 19.2 Å². The Labute approximate surface area is 183 Å². The van der Waals surface area contributed by atoms with Gasteiger partial charge in [0.1, 0.15) is 36.1 Å². The van der Waals surface area contributed by atoms with Crippen molar-refractivity contribution in [1.29, 1.82) is 0 Å². The van der Waals surface area contributed by atoms with E-state index in [4.69, 9.17) is 30.9 Å². The summed E-state index contributed by atoms with van der Waals surface area (Å²) in [5, 5.41) is 25.2. The quantitative estimate of drug-likeness (QED) is 0.293. The van der Waals surface area contributed by atoms with E-state index in [9.17, 15) is 14.8 Å².